The molecule has 1 N–H and O–H groups in total. The third kappa shape index (κ3) is 4.52. The Morgan fingerprint density at radius 3 is 2.43 bits per heavy atom. The summed E-state index contributed by atoms with van der Waals surface area (Å²) in [5.41, 5.74) is 2.97. The summed E-state index contributed by atoms with van der Waals surface area (Å²) in [4.78, 5) is 19.7. The number of nitrogens with one attached hydrogen (secondary N) is 1. The molecule has 0 bridgehead atoms. The second-order valence-corrected chi connectivity index (χ2v) is 8.12. The van der Waals surface area contributed by atoms with Crippen LogP contribution in [0.2, 0.25) is 0 Å². The van der Waals surface area contributed by atoms with Crippen LogP contribution < -0.4 is 19.7 Å². The molecule has 1 amide bonds. The Bertz CT molecular complexity index is 877. The Morgan fingerprint density at radius 1 is 1.03 bits per heavy atom. The number of carbonyl (C=O) groups is 1. The topological polar surface area (TPSA) is 57.3 Å². The van der Waals surface area contributed by atoms with Crippen LogP contribution in [0.25, 0.3) is 0 Å². The van der Waals surface area contributed by atoms with Gasteiger partial charge >= 0.3 is 0 Å². The van der Waals surface area contributed by atoms with E-state index in [1.165, 1.54) is 11.3 Å². The van der Waals surface area contributed by atoms with E-state index in [0.29, 0.717) is 23.6 Å². The highest BCUT2D eigenvalue weighted by atomic mass is 16.7. The van der Waals surface area contributed by atoms with Crippen LogP contribution in [-0.4, -0.2) is 76.4 Å². The fourth-order valence-corrected chi connectivity index (χ4v) is 3.92. The summed E-state index contributed by atoms with van der Waals surface area (Å²) in [6, 6.07) is 14.1. The van der Waals surface area contributed by atoms with E-state index in [1.807, 2.05) is 14.1 Å². The zero-order valence-electron chi connectivity index (χ0n) is 17.9. The first-order valence-electron chi connectivity index (χ1n) is 10.4. The molecule has 0 unspecified atom stereocenters. The molecule has 2 aromatic rings. The first-order valence-corrected chi connectivity index (χ1v) is 10.4. The number of fused-ring (bicyclic) bond motifs is 1. The molecule has 1 atom stereocenters. The van der Waals surface area contributed by atoms with Crippen molar-refractivity contribution < 1.29 is 14.3 Å². The number of likely N-dealkylation sites (N-methyl/N-ethyl adjacent to an activating group) is 1. The average molecular weight is 411 g/mol. The van der Waals surface area contributed by atoms with Crippen molar-refractivity contribution >= 4 is 11.6 Å². The van der Waals surface area contributed by atoms with Gasteiger partial charge in [-0.05, 0) is 42.9 Å². The summed E-state index contributed by atoms with van der Waals surface area (Å²) in [6.45, 7) is 4.78. The standard InChI is InChI=1S/C23H30N4O3/c1-25(2)19-7-4-17(5-8-19)20(27-12-10-26(3)11-13-27)15-24-23(28)18-6-9-21-22(14-18)30-16-29-21/h4-9,14,20H,10-13,15-16H2,1-3H3,(H,24,28)/t20-/m0/s1. The summed E-state index contributed by atoms with van der Waals surface area (Å²) >= 11 is 0. The van der Waals surface area contributed by atoms with Gasteiger partial charge in [-0.2, -0.15) is 0 Å². The fraction of sp³-hybridized carbons (Fsp3) is 0.435. The van der Waals surface area contributed by atoms with Crippen molar-refractivity contribution in [1.82, 2.24) is 15.1 Å². The van der Waals surface area contributed by atoms with Crippen LogP contribution in [0, 0.1) is 0 Å². The second-order valence-electron chi connectivity index (χ2n) is 8.12. The Morgan fingerprint density at radius 2 is 1.73 bits per heavy atom. The molecular formula is C23H30N4O3. The van der Waals surface area contributed by atoms with E-state index >= 15 is 0 Å². The molecule has 2 aromatic carbocycles. The van der Waals surface area contributed by atoms with Crippen molar-refractivity contribution in [1.29, 1.82) is 0 Å². The Balaban J connectivity index is 1.48. The van der Waals surface area contributed by atoms with Crippen LogP contribution in [0.15, 0.2) is 42.5 Å². The third-order valence-corrected chi connectivity index (χ3v) is 5.86. The predicted octanol–water partition coefficient (Wildman–Crippen LogP) is 2.20. The summed E-state index contributed by atoms with van der Waals surface area (Å²) < 4.78 is 10.7. The van der Waals surface area contributed by atoms with E-state index in [0.717, 1.165) is 26.2 Å². The van der Waals surface area contributed by atoms with Crippen LogP contribution in [-0.2, 0) is 0 Å². The van der Waals surface area contributed by atoms with Crippen LogP contribution in [0.1, 0.15) is 22.0 Å². The van der Waals surface area contributed by atoms with Crippen molar-refractivity contribution in [3.05, 3.63) is 53.6 Å². The molecule has 0 radical (unpaired) electrons. The molecule has 0 spiro atoms. The highest BCUT2D eigenvalue weighted by molar-refractivity contribution is 5.95. The largest absolute Gasteiger partial charge is 0.454 e. The smallest absolute Gasteiger partial charge is 0.251 e. The highest BCUT2D eigenvalue weighted by Gasteiger charge is 2.25. The lowest BCUT2D eigenvalue weighted by Crippen LogP contribution is -2.48. The Labute approximate surface area is 178 Å². The molecule has 2 aliphatic heterocycles. The van der Waals surface area contributed by atoms with Gasteiger partial charge < -0.3 is 24.6 Å². The number of nitrogens with zero attached hydrogens (tertiary/aromatic N) is 3. The fourth-order valence-electron chi connectivity index (χ4n) is 3.92. The Hall–Kier alpha value is -2.77. The van der Waals surface area contributed by atoms with Gasteiger partial charge in [0, 0.05) is 58.1 Å². The molecule has 4 rings (SSSR count). The van der Waals surface area contributed by atoms with Gasteiger partial charge in [0.2, 0.25) is 6.79 Å². The molecular weight excluding hydrogens is 380 g/mol. The molecule has 30 heavy (non-hydrogen) atoms. The van der Waals surface area contributed by atoms with E-state index in [9.17, 15) is 4.79 Å². The van der Waals surface area contributed by atoms with Crippen LogP contribution in [0.5, 0.6) is 11.5 Å². The maximum absolute atomic E-state index is 12.8. The van der Waals surface area contributed by atoms with Crippen LogP contribution >= 0.6 is 0 Å². The van der Waals surface area contributed by atoms with Gasteiger partial charge in [0.25, 0.3) is 5.91 Å². The minimum absolute atomic E-state index is 0.0997. The molecule has 160 valence electrons. The molecule has 7 nitrogen and oxygen atoms in total. The number of ether oxygens (including phenoxy) is 2. The number of benzene rings is 2. The van der Waals surface area contributed by atoms with Gasteiger partial charge in [0.1, 0.15) is 0 Å². The van der Waals surface area contributed by atoms with Crippen molar-refractivity contribution in [2.45, 2.75) is 6.04 Å². The van der Waals surface area contributed by atoms with Crippen molar-refractivity contribution in [2.75, 3.05) is 65.6 Å². The number of amides is 1. The predicted molar refractivity (Wildman–Crippen MR) is 117 cm³/mol. The molecule has 2 aliphatic rings. The highest BCUT2D eigenvalue weighted by Crippen LogP contribution is 2.32. The number of hydrogen-bond donors (Lipinski definition) is 1. The molecule has 1 fully saturated rings. The van der Waals surface area contributed by atoms with Crippen LogP contribution in [0.3, 0.4) is 0 Å². The quantitative estimate of drug-likeness (QED) is 0.788. The Kier molecular flexibility index (Phi) is 6.11. The monoisotopic (exact) mass is 410 g/mol. The molecule has 7 heteroatoms. The zero-order valence-corrected chi connectivity index (χ0v) is 17.9. The maximum atomic E-state index is 12.8. The van der Waals surface area contributed by atoms with Crippen molar-refractivity contribution in [3.8, 4) is 11.5 Å². The molecule has 0 aromatic heterocycles. The minimum atomic E-state index is -0.0997. The SMILES string of the molecule is CN1CCN([C@@H](CNC(=O)c2ccc3c(c2)OCO3)c2ccc(N(C)C)cc2)CC1. The number of anilines is 1. The minimum Gasteiger partial charge on any atom is -0.454 e. The van der Waals surface area contributed by atoms with Gasteiger partial charge in [0.05, 0.1) is 6.04 Å². The van der Waals surface area contributed by atoms with E-state index in [-0.39, 0.29) is 18.7 Å². The lowest BCUT2D eigenvalue weighted by molar-refractivity contribution is 0.0886. The first-order chi connectivity index (χ1) is 14.5. The normalized spacial score (nSPS) is 17.6. The molecule has 1 saturated heterocycles. The van der Waals surface area contributed by atoms with E-state index in [4.69, 9.17) is 9.47 Å². The lowest BCUT2D eigenvalue weighted by atomic mass is 10.0. The first kappa shape index (κ1) is 20.5. The molecule has 0 saturated carbocycles. The number of hydrogen-bond acceptors (Lipinski definition) is 6. The van der Waals surface area contributed by atoms with Crippen LogP contribution in [0.4, 0.5) is 5.69 Å². The second kappa shape index (κ2) is 8.93. The van der Waals surface area contributed by atoms with E-state index in [2.05, 4.69) is 51.3 Å². The summed E-state index contributed by atoms with van der Waals surface area (Å²) in [5.74, 6) is 1.21. The molecule has 2 heterocycles. The number of rotatable bonds is 6. The van der Waals surface area contributed by atoms with Gasteiger partial charge in [-0.1, -0.05) is 12.1 Å². The van der Waals surface area contributed by atoms with Gasteiger partial charge in [-0.25, -0.2) is 0 Å². The van der Waals surface area contributed by atoms with E-state index in [1.54, 1.807) is 18.2 Å². The van der Waals surface area contributed by atoms with Gasteiger partial charge in [-0.15, -0.1) is 0 Å². The van der Waals surface area contributed by atoms with Gasteiger partial charge in [-0.3, -0.25) is 9.69 Å². The maximum Gasteiger partial charge on any atom is 0.251 e. The lowest BCUT2D eigenvalue weighted by Gasteiger charge is -2.38. The summed E-state index contributed by atoms with van der Waals surface area (Å²) in [7, 11) is 6.23. The summed E-state index contributed by atoms with van der Waals surface area (Å²) in [6.07, 6.45) is 0. The average Bonchev–Trinajstić information content (AvgIpc) is 3.23. The summed E-state index contributed by atoms with van der Waals surface area (Å²) in [5, 5.41) is 3.13. The van der Waals surface area contributed by atoms with E-state index < -0.39 is 0 Å². The zero-order chi connectivity index (χ0) is 21.1. The third-order valence-electron chi connectivity index (χ3n) is 5.86. The number of piperazine rings is 1. The molecule has 0 aliphatic carbocycles. The van der Waals surface area contributed by atoms with Gasteiger partial charge in [0.15, 0.2) is 11.5 Å². The van der Waals surface area contributed by atoms with Crippen molar-refractivity contribution in [3.63, 3.8) is 0 Å². The number of carbonyl (C=O) groups excluding carboxylic acids is 1. The van der Waals surface area contributed by atoms with Crippen molar-refractivity contribution in [2.24, 2.45) is 0 Å².